The Kier molecular flexibility index (Phi) is 4.08. The summed E-state index contributed by atoms with van der Waals surface area (Å²) in [5, 5.41) is 3.37. The molecule has 0 spiro atoms. The predicted molar refractivity (Wildman–Crippen MR) is 74.2 cm³/mol. The number of nitrogens with one attached hydrogen (secondary N) is 1. The Labute approximate surface area is 126 Å². The van der Waals surface area contributed by atoms with E-state index in [0.717, 1.165) is 38.2 Å². The van der Waals surface area contributed by atoms with E-state index in [1.807, 2.05) is 0 Å². The maximum Gasteiger partial charge on any atom is 0.417 e. The van der Waals surface area contributed by atoms with E-state index in [2.05, 4.69) is 10.3 Å². The van der Waals surface area contributed by atoms with Gasteiger partial charge in [0.2, 0.25) is 0 Å². The van der Waals surface area contributed by atoms with Crippen molar-refractivity contribution in [1.29, 1.82) is 0 Å². The molecule has 0 saturated carbocycles. The van der Waals surface area contributed by atoms with E-state index >= 15 is 0 Å². The number of alkyl halides is 3. The molecule has 2 saturated heterocycles. The third-order valence-electron chi connectivity index (χ3n) is 4.62. The highest BCUT2D eigenvalue weighted by atomic mass is 19.4. The molecule has 0 bridgehead atoms. The summed E-state index contributed by atoms with van der Waals surface area (Å²) >= 11 is 0. The average Bonchev–Trinajstić information content (AvgIpc) is 2.85. The molecule has 1 amide bonds. The first kappa shape index (κ1) is 15.3. The van der Waals surface area contributed by atoms with E-state index in [1.54, 1.807) is 4.90 Å². The zero-order chi connectivity index (χ0) is 15.7. The average molecular weight is 313 g/mol. The van der Waals surface area contributed by atoms with Crippen molar-refractivity contribution in [1.82, 2.24) is 15.2 Å². The minimum absolute atomic E-state index is 0.0817. The van der Waals surface area contributed by atoms with Gasteiger partial charge in [-0.25, -0.2) is 0 Å². The molecule has 0 radical (unpaired) electrons. The largest absolute Gasteiger partial charge is 0.417 e. The van der Waals surface area contributed by atoms with Crippen molar-refractivity contribution >= 4 is 5.91 Å². The highest BCUT2D eigenvalue weighted by molar-refractivity contribution is 5.92. The first-order valence-corrected chi connectivity index (χ1v) is 7.48. The fraction of sp³-hybridized carbons (Fsp3) is 0.600. The fourth-order valence-electron chi connectivity index (χ4n) is 3.27. The van der Waals surface area contributed by atoms with Crippen molar-refractivity contribution in [2.45, 2.75) is 19.0 Å². The van der Waals surface area contributed by atoms with Crippen molar-refractivity contribution < 1.29 is 18.0 Å². The number of hydrogen-bond acceptors (Lipinski definition) is 3. The number of fused-ring (bicyclic) bond motifs is 1. The van der Waals surface area contributed by atoms with Crippen LogP contribution in [0.1, 0.15) is 28.9 Å². The Morgan fingerprint density at radius 2 is 1.82 bits per heavy atom. The summed E-state index contributed by atoms with van der Waals surface area (Å²) in [6.07, 6.45) is -1.83. The van der Waals surface area contributed by atoms with Crippen molar-refractivity contribution in [3.05, 3.63) is 29.6 Å². The van der Waals surface area contributed by atoms with E-state index in [9.17, 15) is 18.0 Å². The van der Waals surface area contributed by atoms with Gasteiger partial charge in [-0.2, -0.15) is 13.2 Å². The standard InChI is InChI=1S/C15H18F3N3O/c16-15(17,18)12-1-2-13(20-9-12)14(22)21-5-3-10-7-19-8-11(10)4-6-21/h1-2,9-11,19H,3-8H2/t10-,11+. The van der Waals surface area contributed by atoms with Crippen LogP contribution in [-0.2, 0) is 6.18 Å². The molecule has 1 aromatic rings. The number of likely N-dealkylation sites (tertiary alicyclic amines) is 1. The van der Waals surface area contributed by atoms with Crippen molar-refractivity contribution in [3.63, 3.8) is 0 Å². The molecule has 3 heterocycles. The first-order chi connectivity index (χ1) is 10.4. The second-order valence-electron chi connectivity index (χ2n) is 5.98. The summed E-state index contributed by atoms with van der Waals surface area (Å²) in [7, 11) is 0. The van der Waals surface area contributed by atoms with Crippen LogP contribution in [0.2, 0.25) is 0 Å². The zero-order valence-corrected chi connectivity index (χ0v) is 12.1. The van der Waals surface area contributed by atoms with Gasteiger partial charge in [0.15, 0.2) is 0 Å². The van der Waals surface area contributed by atoms with Crippen molar-refractivity contribution in [2.24, 2.45) is 11.8 Å². The smallest absolute Gasteiger partial charge is 0.337 e. The quantitative estimate of drug-likeness (QED) is 0.864. The van der Waals surface area contributed by atoms with Crippen LogP contribution in [0.15, 0.2) is 18.3 Å². The third-order valence-corrected chi connectivity index (χ3v) is 4.62. The van der Waals surface area contributed by atoms with E-state index in [1.165, 1.54) is 6.07 Å². The lowest BCUT2D eigenvalue weighted by atomic mass is 9.92. The maximum absolute atomic E-state index is 12.5. The highest BCUT2D eigenvalue weighted by Gasteiger charge is 2.33. The number of nitrogens with zero attached hydrogens (tertiary/aromatic N) is 2. The molecule has 0 aromatic carbocycles. The fourth-order valence-corrected chi connectivity index (χ4v) is 3.27. The SMILES string of the molecule is O=C(c1ccc(C(F)(F)F)cn1)N1CC[C@@H]2CNC[C@@H]2CC1. The molecule has 120 valence electrons. The second kappa shape index (κ2) is 5.87. The Balaban J connectivity index is 1.68. The van der Waals surface area contributed by atoms with Gasteiger partial charge in [0.1, 0.15) is 5.69 Å². The van der Waals surface area contributed by atoms with Crippen LogP contribution >= 0.6 is 0 Å². The lowest BCUT2D eigenvalue weighted by Crippen LogP contribution is -2.33. The van der Waals surface area contributed by atoms with Crippen LogP contribution in [0.5, 0.6) is 0 Å². The van der Waals surface area contributed by atoms with E-state index < -0.39 is 11.7 Å². The van der Waals surface area contributed by atoms with E-state index in [4.69, 9.17) is 0 Å². The lowest BCUT2D eigenvalue weighted by molar-refractivity contribution is -0.137. The van der Waals surface area contributed by atoms with Crippen molar-refractivity contribution in [2.75, 3.05) is 26.2 Å². The monoisotopic (exact) mass is 313 g/mol. The number of amides is 1. The zero-order valence-electron chi connectivity index (χ0n) is 12.1. The van der Waals surface area contributed by atoms with Gasteiger partial charge >= 0.3 is 6.18 Å². The first-order valence-electron chi connectivity index (χ1n) is 7.48. The molecular weight excluding hydrogens is 295 g/mol. The van der Waals surface area contributed by atoms with Gasteiger partial charge in [0.25, 0.3) is 5.91 Å². The molecular formula is C15H18F3N3O. The summed E-state index contributed by atoms with van der Waals surface area (Å²) in [4.78, 5) is 17.8. The lowest BCUT2D eigenvalue weighted by Gasteiger charge is -2.20. The summed E-state index contributed by atoms with van der Waals surface area (Å²) in [6, 6.07) is 2.08. The normalized spacial score (nSPS) is 25.7. The summed E-state index contributed by atoms with van der Waals surface area (Å²) < 4.78 is 37.6. The third kappa shape index (κ3) is 3.09. The van der Waals surface area contributed by atoms with Crippen LogP contribution in [0, 0.1) is 11.8 Å². The van der Waals surface area contributed by atoms with Crippen molar-refractivity contribution in [3.8, 4) is 0 Å². The predicted octanol–water partition coefficient (Wildman–Crippen LogP) is 2.17. The van der Waals surface area contributed by atoms with Crippen LogP contribution in [0.3, 0.4) is 0 Å². The van der Waals surface area contributed by atoms with Gasteiger partial charge in [0.05, 0.1) is 5.56 Å². The Hall–Kier alpha value is -1.63. The summed E-state index contributed by atoms with van der Waals surface area (Å²) in [5.74, 6) is 0.915. The number of carbonyl (C=O) groups is 1. The Morgan fingerprint density at radius 3 is 2.32 bits per heavy atom. The van der Waals surface area contributed by atoms with Crippen LogP contribution in [-0.4, -0.2) is 42.0 Å². The molecule has 22 heavy (non-hydrogen) atoms. The van der Waals surface area contributed by atoms with Gasteiger partial charge in [-0.1, -0.05) is 0 Å². The second-order valence-corrected chi connectivity index (χ2v) is 5.98. The van der Waals surface area contributed by atoms with Crippen LogP contribution < -0.4 is 5.32 Å². The van der Waals surface area contributed by atoms with Gasteiger partial charge in [-0.05, 0) is 49.9 Å². The van der Waals surface area contributed by atoms with Gasteiger partial charge in [0, 0.05) is 19.3 Å². The number of rotatable bonds is 1. The molecule has 3 rings (SSSR count). The molecule has 4 nitrogen and oxygen atoms in total. The number of halogens is 3. The van der Waals surface area contributed by atoms with Gasteiger partial charge in [-0.3, -0.25) is 9.78 Å². The molecule has 2 aliphatic rings. The number of pyridine rings is 1. The maximum atomic E-state index is 12.5. The summed E-state index contributed by atoms with van der Waals surface area (Å²) in [5.41, 5.74) is -0.751. The molecule has 0 unspecified atom stereocenters. The van der Waals surface area contributed by atoms with Gasteiger partial charge < -0.3 is 10.2 Å². The van der Waals surface area contributed by atoms with Crippen LogP contribution in [0.25, 0.3) is 0 Å². The minimum Gasteiger partial charge on any atom is -0.337 e. The van der Waals surface area contributed by atoms with E-state index in [-0.39, 0.29) is 11.6 Å². The summed E-state index contributed by atoms with van der Waals surface area (Å²) in [6.45, 7) is 3.27. The topological polar surface area (TPSA) is 45.2 Å². The molecule has 1 N–H and O–H groups in total. The minimum atomic E-state index is -4.43. The number of hydrogen-bond donors (Lipinski definition) is 1. The molecule has 2 fully saturated rings. The molecule has 1 aromatic heterocycles. The number of carbonyl (C=O) groups excluding carboxylic acids is 1. The highest BCUT2D eigenvalue weighted by Crippen LogP contribution is 2.29. The molecule has 2 atom stereocenters. The van der Waals surface area contributed by atoms with Gasteiger partial charge in [-0.15, -0.1) is 0 Å². The number of aromatic nitrogens is 1. The molecule has 0 aliphatic carbocycles. The van der Waals surface area contributed by atoms with E-state index in [0.29, 0.717) is 24.9 Å². The molecule has 7 heteroatoms. The Morgan fingerprint density at radius 1 is 1.18 bits per heavy atom. The Bertz CT molecular complexity index is 530. The molecule has 2 aliphatic heterocycles. The van der Waals surface area contributed by atoms with Crippen LogP contribution in [0.4, 0.5) is 13.2 Å².